The summed E-state index contributed by atoms with van der Waals surface area (Å²) in [6, 6.07) is 6.49. The Balaban J connectivity index is 2.16. The zero-order chi connectivity index (χ0) is 17.0. The van der Waals surface area contributed by atoms with Gasteiger partial charge in [-0.3, -0.25) is 4.79 Å². The summed E-state index contributed by atoms with van der Waals surface area (Å²) in [5.74, 6) is 0.0183. The molecule has 2 aliphatic carbocycles. The fourth-order valence-electron chi connectivity index (χ4n) is 4.53. The van der Waals surface area contributed by atoms with Crippen LogP contribution in [0.4, 0.5) is 0 Å². The third-order valence-electron chi connectivity index (χ3n) is 5.85. The van der Waals surface area contributed by atoms with Gasteiger partial charge < -0.3 is 5.11 Å². The zero-order valence-corrected chi connectivity index (χ0v) is 14.6. The summed E-state index contributed by atoms with van der Waals surface area (Å²) in [4.78, 5) is 12.6. The predicted molar refractivity (Wildman–Crippen MR) is 94.1 cm³/mol. The first kappa shape index (κ1) is 16.2. The van der Waals surface area contributed by atoms with E-state index in [9.17, 15) is 9.90 Å². The van der Waals surface area contributed by atoms with Gasteiger partial charge in [0, 0.05) is 12.3 Å². The highest BCUT2D eigenvalue weighted by Gasteiger charge is 2.61. The lowest BCUT2D eigenvalue weighted by molar-refractivity contribution is -0.138. The number of ketones is 1. The van der Waals surface area contributed by atoms with Gasteiger partial charge in [0.15, 0.2) is 0 Å². The average molecular weight is 310 g/mol. The SMILES string of the molecule is C=C(C)[C@@H]1C=C(c2cc(C)cc(C)c2)C[C@]2(C)C(=O)CC[C@]12O. The van der Waals surface area contributed by atoms with Crippen LogP contribution in [0.5, 0.6) is 0 Å². The molecule has 1 saturated carbocycles. The van der Waals surface area contributed by atoms with Crippen LogP contribution in [0.15, 0.2) is 36.4 Å². The topological polar surface area (TPSA) is 37.3 Å². The molecule has 0 radical (unpaired) electrons. The molecule has 0 amide bonds. The van der Waals surface area contributed by atoms with Gasteiger partial charge in [-0.05, 0) is 51.7 Å². The summed E-state index contributed by atoms with van der Waals surface area (Å²) in [6.07, 6.45) is 3.76. The minimum absolute atomic E-state index is 0.163. The molecule has 3 rings (SSSR count). The third-order valence-corrected chi connectivity index (χ3v) is 5.85. The molecular formula is C21H26O2. The lowest BCUT2D eigenvalue weighted by Gasteiger charge is -2.47. The molecule has 0 bridgehead atoms. The van der Waals surface area contributed by atoms with Gasteiger partial charge in [0.2, 0.25) is 0 Å². The zero-order valence-electron chi connectivity index (χ0n) is 14.6. The maximum absolute atomic E-state index is 12.6. The Hall–Kier alpha value is -1.67. The van der Waals surface area contributed by atoms with E-state index in [1.165, 1.54) is 11.1 Å². The number of allylic oxidation sites excluding steroid dienone is 1. The molecule has 1 aromatic carbocycles. The second kappa shape index (κ2) is 5.17. The van der Waals surface area contributed by atoms with Crippen molar-refractivity contribution in [2.45, 2.75) is 52.6 Å². The summed E-state index contributed by atoms with van der Waals surface area (Å²) in [5, 5.41) is 11.3. The first-order chi connectivity index (χ1) is 10.7. The molecule has 2 aliphatic rings. The minimum Gasteiger partial charge on any atom is -0.388 e. The van der Waals surface area contributed by atoms with E-state index in [1.54, 1.807) is 0 Å². The second-order valence-electron chi connectivity index (χ2n) is 7.75. The van der Waals surface area contributed by atoms with Crippen molar-refractivity contribution < 1.29 is 9.90 Å². The van der Waals surface area contributed by atoms with E-state index in [0.717, 1.165) is 16.7 Å². The van der Waals surface area contributed by atoms with Gasteiger partial charge in [-0.25, -0.2) is 0 Å². The van der Waals surface area contributed by atoms with E-state index in [4.69, 9.17) is 0 Å². The largest absolute Gasteiger partial charge is 0.388 e. The molecule has 1 aromatic rings. The van der Waals surface area contributed by atoms with Crippen LogP contribution >= 0.6 is 0 Å². The summed E-state index contributed by atoms with van der Waals surface area (Å²) in [6.45, 7) is 12.2. The summed E-state index contributed by atoms with van der Waals surface area (Å²) >= 11 is 0. The maximum Gasteiger partial charge on any atom is 0.142 e. The predicted octanol–water partition coefficient (Wildman–Crippen LogP) is 4.38. The van der Waals surface area contributed by atoms with Crippen molar-refractivity contribution in [1.29, 1.82) is 0 Å². The van der Waals surface area contributed by atoms with Crippen LogP contribution in [0.2, 0.25) is 0 Å². The Labute approximate surface area is 138 Å². The van der Waals surface area contributed by atoms with Crippen molar-refractivity contribution in [2.24, 2.45) is 11.3 Å². The van der Waals surface area contributed by atoms with Crippen LogP contribution in [0.25, 0.3) is 5.57 Å². The molecule has 0 spiro atoms. The fourth-order valence-corrected chi connectivity index (χ4v) is 4.53. The van der Waals surface area contributed by atoms with Gasteiger partial charge in [-0.1, -0.05) is 47.6 Å². The molecule has 23 heavy (non-hydrogen) atoms. The van der Waals surface area contributed by atoms with Crippen molar-refractivity contribution in [3.8, 4) is 0 Å². The van der Waals surface area contributed by atoms with Crippen LogP contribution in [0.3, 0.4) is 0 Å². The average Bonchev–Trinajstić information content (AvgIpc) is 2.68. The maximum atomic E-state index is 12.6. The van der Waals surface area contributed by atoms with Gasteiger partial charge in [0.1, 0.15) is 5.78 Å². The lowest BCUT2D eigenvalue weighted by Crippen LogP contribution is -2.52. The van der Waals surface area contributed by atoms with Crippen molar-refractivity contribution in [2.75, 3.05) is 0 Å². The van der Waals surface area contributed by atoms with E-state index in [0.29, 0.717) is 19.3 Å². The summed E-state index contributed by atoms with van der Waals surface area (Å²) in [7, 11) is 0. The molecular weight excluding hydrogens is 284 g/mol. The monoisotopic (exact) mass is 310 g/mol. The van der Waals surface area contributed by atoms with Crippen LogP contribution in [-0.4, -0.2) is 16.5 Å². The number of hydrogen-bond acceptors (Lipinski definition) is 2. The van der Waals surface area contributed by atoms with E-state index in [2.05, 4.69) is 44.7 Å². The Morgan fingerprint density at radius 3 is 2.43 bits per heavy atom. The van der Waals surface area contributed by atoms with E-state index < -0.39 is 11.0 Å². The number of carbonyl (C=O) groups is 1. The van der Waals surface area contributed by atoms with E-state index in [1.807, 2.05) is 13.8 Å². The highest BCUT2D eigenvalue weighted by Crippen LogP contribution is 2.57. The van der Waals surface area contributed by atoms with Gasteiger partial charge >= 0.3 is 0 Å². The van der Waals surface area contributed by atoms with Gasteiger partial charge in [-0.2, -0.15) is 0 Å². The number of fused-ring (bicyclic) bond motifs is 1. The fraction of sp³-hybridized carbons (Fsp3) is 0.476. The number of Topliss-reactive ketones (excluding diaryl/α,β-unsaturated/α-hetero) is 1. The highest BCUT2D eigenvalue weighted by atomic mass is 16.3. The number of aryl methyl sites for hydroxylation is 2. The summed E-state index contributed by atoms with van der Waals surface area (Å²) in [5.41, 5.74) is 3.99. The smallest absolute Gasteiger partial charge is 0.142 e. The summed E-state index contributed by atoms with van der Waals surface area (Å²) < 4.78 is 0. The lowest BCUT2D eigenvalue weighted by atomic mass is 9.59. The van der Waals surface area contributed by atoms with Crippen molar-refractivity contribution in [1.82, 2.24) is 0 Å². The molecule has 2 heteroatoms. The van der Waals surface area contributed by atoms with Crippen molar-refractivity contribution >= 4 is 11.4 Å². The first-order valence-electron chi connectivity index (χ1n) is 8.38. The minimum atomic E-state index is -0.988. The normalized spacial score (nSPS) is 33.3. The molecule has 0 unspecified atom stereocenters. The molecule has 2 nitrogen and oxygen atoms in total. The standard InChI is InChI=1S/C21H26O2/c1-13(2)18-11-17(16-9-14(3)8-15(4)10-16)12-20(5)19(22)6-7-21(18,20)23/h8-11,18,23H,1,6-7,12H2,2-5H3/t18-,20+,21-/m0/s1. The van der Waals surface area contributed by atoms with Crippen molar-refractivity contribution in [3.63, 3.8) is 0 Å². The van der Waals surface area contributed by atoms with Crippen LogP contribution in [0.1, 0.15) is 49.8 Å². The Bertz CT molecular complexity index is 707. The number of hydrogen-bond donors (Lipinski definition) is 1. The molecule has 1 fully saturated rings. The van der Waals surface area contributed by atoms with Gasteiger partial charge in [0.05, 0.1) is 11.0 Å². The number of aliphatic hydroxyl groups is 1. The first-order valence-corrected chi connectivity index (χ1v) is 8.38. The molecule has 3 atom stereocenters. The van der Waals surface area contributed by atoms with Crippen molar-refractivity contribution in [3.05, 3.63) is 53.1 Å². The Morgan fingerprint density at radius 2 is 1.87 bits per heavy atom. The molecule has 0 aliphatic heterocycles. The third kappa shape index (κ3) is 2.31. The van der Waals surface area contributed by atoms with Gasteiger partial charge in [0.25, 0.3) is 0 Å². The van der Waals surface area contributed by atoms with E-state index in [-0.39, 0.29) is 11.7 Å². The number of rotatable bonds is 2. The Kier molecular flexibility index (Phi) is 3.64. The quantitative estimate of drug-likeness (QED) is 0.823. The van der Waals surface area contributed by atoms with E-state index >= 15 is 0 Å². The second-order valence-corrected chi connectivity index (χ2v) is 7.75. The number of carbonyl (C=O) groups excluding carboxylic acids is 1. The van der Waals surface area contributed by atoms with Crippen LogP contribution in [0, 0.1) is 25.2 Å². The Morgan fingerprint density at radius 1 is 1.26 bits per heavy atom. The molecule has 0 heterocycles. The molecule has 1 N–H and O–H groups in total. The molecule has 0 saturated heterocycles. The van der Waals surface area contributed by atoms with Gasteiger partial charge in [-0.15, -0.1) is 0 Å². The van der Waals surface area contributed by atoms with Crippen LogP contribution in [-0.2, 0) is 4.79 Å². The number of benzene rings is 1. The van der Waals surface area contributed by atoms with Crippen LogP contribution < -0.4 is 0 Å². The molecule has 0 aromatic heterocycles. The highest BCUT2D eigenvalue weighted by molar-refractivity contribution is 5.92. The molecule has 122 valence electrons.